The molecule has 0 aliphatic heterocycles. The van der Waals surface area contributed by atoms with Crippen LogP contribution in [-0.2, 0) is 0 Å². The zero-order valence-electron chi connectivity index (χ0n) is 12.9. The fourth-order valence-electron chi connectivity index (χ4n) is 2.48. The highest BCUT2D eigenvalue weighted by atomic mass is 35.5. The highest BCUT2D eigenvalue weighted by molar-refractivity contribution is 6.30. The highest BCUT2D eigenvalue weighted by Crippen LogP contribution is 2.30. The van der Waals surface area contributed by atoms with Crippen LogP contribution in [0, 0.1) is 0 Å². The van der Waals surface area contributed by atoms with E-state index in [1.165, 1.54) is 11.3 Å². The Morgan fingerprint density at radius 3 is 2.33 bits per heavy atom. The minimum atomic E-state index is 0.299. The molecule has 0 fully saturated rings. The number of hydrogen-bond donors (Lipinski definition) is 1. The third-order valence-electron chi connectivity index (χ3n) is 3.57. The fraction of sp³-hybridized carbons (Fsp3) is 0.333. The lowest BCUT2D eigenvalue weighted by Gasteiger charge is -2.24. The molecule has 2 nitrogen and oxygen atoms in total. The van der Waals surface area contributed by atoms with Crippen molar-refractivity contribution in [3.63, 3.8) is 0 Å². The average Bonchev–Trinajstić information content (AvgIpc) is 2.48. The van der Waals surface area contributed by atoms with Crippen molar-refractivity contribution in [1.82, 2.24) is 0 Å². The number of benzene rings is 2. The van der Waals surface area contributed by atoms with E-state index in [4.69, 9.17) is 11.6 Å². The van der Waals surface area contributed by atoms with Gasteiger partial charge >= 0.3 is 0 Å². The molecule has 3 heteroatoms. The molecule has 2 aromatic carbocycles. The van der Waals surface area contributed by atoms with Gasteiger partial charge < -0.3 is 10.2 Å². The molecule has 0 aromatic heterocycles. The number of anilines is 2. The third-order valence-corrected chi connectivity index (χ3v) is 3.82. The van der Waals surface area contributed by atoms with Gasteiger partial charge in [0.25, 0.3) is 0 Å². The summed E-state index contributed by atoms with van der Waals surface area (Å²) in [6.45, 7) is 2.21. The van der Waals surface area contributed by atoms with Gasteiger partial charge in [0.05, 0.1) is 17.4 Å². The molecule has 1 N–H and O–H groups in total. The van der Waals surface area contributed by atoms with Crippen LogP contribution in [-0.4, -0.2) is 14.1 Å². The summed E-state index contributed by atoms with van der Waals surface area (Å²) < 4.78 is 0. The van der Waals surface area contributed by atoms with Gasteiger partial charge in [-0.3, -0.25) is 0 Å². The number of hydrogen-bond acceptors (Lipinski definition) is 2. The van der Waals surface area contributed by atoms with E-state index in [0.717, 1.165) is 23.6 Å². The molecular weight excluding hydrogens is 280 g/mol. The van der Waals surface area contributed by atoms with E-state index in [1.807, 2.05) is 12.1 Å². The van der Waals surface area contributed by atoms with Crippen LogP contribution < -0.4 is 10.2 Å². The van der Waals surface area contributed by atoms with Gasteiger partial charge in [-0.1, -0.05) is 49.2 Å². The van der Waals surface area contributed by atoms with E-state index in [-0.39, 0.29) is 0 Å². The van der Waals surface area contributed by atoms with Gasteiger partial charge in [-0.25, -0.2) is 0 Å². The zero-order valence-corrected chi connectivity index (χ0v) is 13.7. The minimum Gasteiger partial charge on any atom is -0.377 e. The Balaban J connectivity index is 2.26. The first-order valence-corrected chi connectivity index (χ1v) is 7.78. The third kappa shape index (κ3) is 4.15. The summed E-state index contributed by atoms with van der Waals surface area (Å²) >= 11 is 5.99. The topological polar surface area (TPSA) is 15.3 Å². The second-order valence-corrected chi connectivity index (χ2v) is 5.89. The first-order chi connectivity index (χ1) is 10.1. The molecule has 2 rings (SSSR count). The summed E-state index contributed by atoms with van der Waals surface area (Å²) in [5.74, 6) is 0. The lowest BCUT2D eigenvalue weighted by molar-refractivity contribution is 0.677. The molecule has 0 bridgehead atoms. The largest absolute Gasteiger partial charge is 0.377 e. The molecule has 1 atom stereocenters. The zero-order chi connectivity index (χ0) is 15.2. The van der Waals surface area contributed by atoms with Crippen molar-refractivity contribution >= 4 is 23.0 Å². The Bertz CT molecular complexity index is 564. The number of nitrogens with one attached hydrogen (secondary N) is 1. The van der Waals surface area contributed by atoms with Crippen molar-refractivity contribution in [3.05, 3.63) is 59.1 Å². The fourth-order valence-corrected chi connectivity index (χ4v) is 2.61. The summed E-state index contributed by atoms with van der Waals surface area (Å²) in [4.78, 5) is 2.13. The summed E-state index contributed by atoms with van der Waals surface area (Å²) in [5.41, 5.74) is 3.64. The van der Waals surface area contributed by atoms with Gasteiger partial charge in [0.2, 0.25) is 0 Å². The van der Waals surface area contributed by atoms with Crippen LogP contribution in [0.25, 0.3) is 0 Å². The highest BCUT2D eigenvalue weighted by Gasteiger charge is 2.13. The predicted octanol–water partition coefficient (Wildman–Crippen LogP) is 5.36. The molecule has 0 saturated carbocycles. The summed E-state index contributed by atoms with van der Waals surface area (Å²) in [7, 11) is 4.13. The van der Waals surface area contributed by atoms with E-state index in [1.54, 1.807) is 0 Å². The SMILES string of the molecule is CCCC(Nc1ccccc1N(C)C)c1ccc(Cl)cc1. The summed E-state index contributed by atoms with van der Waals surface area (Å²) in [6, 6.07) is 16.8. The lowest BCUT2D eigenvalue weighted by atomic mass is 10.0. The molecule has 0 heterocycles. The molecule has 0 amide bonds. The molecular formula is C18H23ClN2. The quantitative estimate of drug-likeness (QED) is 0.773. The van der Waals surface area contributed by atoms with Crippen LogP contribution in [0.5, 0.6) is 0 Å². The second-order valence-electron chi connectivity index (χ2n) is 5.45. The van der Waals surface area contributed by atoms with Crippen LogP contribution in [0.3, 0.4) is 0 Å². The van der Waals surface area contributed by atoms with Gasteiger partial charge in [-0.05, 0) is 36.2 Å². The molecule has 112 valence electrons. The van der Waals surface area contributed by atoms with Crippen molar-refractivity contribution in [2.45, 2.75) is 25.8 Å². The Labute approximate surface area is 132 Å². The normalized spacial score (nSPS) is 12.0. The molecule has 0 spiro atoms. The molecule has 0 aliphatic carbocycles. The smallest absolute Gasteiger partial charge is 0.0596 e. The van der Waals surface area contributed by atoms with Crippen molar-refractivity contribution in [1.29, 1.82) is 0 Å². The molecule has 21 heavy (non-hydrogen) atoms. The van der Waals surface area contributed by atoms with Crippen molar-refractivity contribution < 1.29 is 0 Å². The first kappa shape index (κ1) is 15.7. The Hall–Kier alpha value is -1.67. The minimum absolute atomic E-state index is 0.299. The predicted molar refractivity (Wildman–Crippen MR) is 93.5 cm³/mol. The maximum absolute atomic E-state index is 5.99. The van der Waals surface area contributed by atoms with Gasteiger partial charge in [0.1, 0.15) is 0 Å². The van der Waals surface area contributed by atoms with Crippen LogP contribution in [0.2, 0.25) is 5.02 Å². The number of rotatable bonds is 6. The van der Waals surface area contributed by atoms with Crippen LogP contribution in [0.1, 0.15) is 31.4 Å². The number of para-hydroxylation sites is 2. The second kappa shape index (κ2) is 7.37. The van der Waals surface area contributed by atoms with Gasteiger partial charge in [-0.15, -0.1) is 0 Å². The van der Waals surface area contributed by atoms with E-state index >= 15 is 0 Å². The maximum atomic E-state index is 5.99. The molecule has 2 aromatic rings. The Morgan fingerprint density at radius 2 is 1.71 bits per heavy atom. The average molecular weight is 303 g/mol. The van der Waals surface area contributed by atoms with Crippen molar-refractivity contribution in [2.75, 3.05) is 24.3 Å². The van der Waals surface area contributed by atoms with Gasteiger partial charge in [0.15, 0.2) is 0 Å². The van der Waals surface area contributed by atoms with Gasteiger partial charge in [0, 0.05) is 19.1 Å². The standard InChI is InChI=1S/C18H23ClN2/c1-4-7-16(14-10-12-15(19)13-11-14)20-17-8-5-6-9-18(17)21(2)3/h5-6,8-13,16,20H,4,7H2,1-3H3. The maximum Gasteiger partial charge on any atom is 0.0596 e. The number of halogens is 1. The van der Waals surface area contributed by atoms with E-state index in [9.17, 15) is 0 Å². The molecule has 1 unspecified atom stereocenters. The van der Waals surface area contributed by atoms with Crippen LogP contribution >= 0.6 is 11.6 Å². The molecule has 0 saturated heterocycles. The summed E-state index contributed by atoms with van der Waals surface area (Å²) in [5, 5.41) is 4.46. The number of nitrogens with zero attached hydrogens (tertiary/aromatic N) is 1. The van der Waals surface area contributed by atoms with E-state index in [2.05, 4.69) is 67.6 Å². The van der Waals surface area contributed by atoms with Crippen molar-refractivity contribution in [2.24, 2.45) is 0 Å². The van der Waals surface area contributed by atoms with E-state index in [0.29, 0.717) is 6.04 Å². The Kier molecular flexibility index (Phi) is 5.51. The Morgan fingerprint density at radius 1 is 1.05 bits per heavy atom. The monoisotopic (exact) mass is 302 g/mol. The lowest BCUT2D eigenvalue weighted by Crippen LogP contribution is -2.15. The van der Waals surface area contributed by atoms with Crippen LogP contribution in [0.4, 0.5) is 11.4 Å². The summed E-state index contributed by atoms with van der Waals surface area (Å²) in [6.07, 6.45) is 2.22. The van der Waals surface area contributed by atoms with Crippen molar-refractivity contribution in [3.8, 4) is 0 Å². The molecule has 0 radical (unpaired) electrons. The van der Waals surface area contributed by atoms with E-state index < -0.39 is 0 Å². The molecule has 0 aliphatic rings. The first-order valence-electron chi connectivity index (χ1n) is 7.40. The van der Waals surface area contributed by atoms with Gasteiger partial charge in [-0.2, -0.15) is 0 Å². The van der Waals surface area contributed by atoms with Crippen LogP contribution in [0.15, 0.2) is 48.5 Å².